The van der Waals surface area contributed by atoms with Crippen molar-refractivity contribution >= 4 is 27.0 Å². The van der Waals surface area contributed by atoms with Crippen LogP contribution in [0.4, 0.5) is 0 Å². The summed E-state index contributed by atoms with van der Waals surface area (Å²) < 4.78 is 29.7. The van der Waals surface area contributed by atoms with Crippen molar-refractivity contribution in [3.63, 3.8) is 0 Å². The van der Waals surface area contributed by atoms with Gasteiger partial charge in [-0.2, -0.15) is 13.5 Å². The fraction of sp³-hybridized carbons (Fsp3) is 0.0556. The summed E-state index contributed by atoms with van der Waals surface area (Å²) in [6.07, 6.45) is 1.33. The average molecular weight is 356 g/mol. The van der Waals surface area contributed by atoms with Gasteiger partial charge in [-0.25, -0.2) is 4.83 Å². The summed E-state index contributed by atoms with van der Waals surface area (Å²) in [5, 5.41) is 15.1. The van der Waals surface area contributed by atoms with Crippen LogP contribution in [0.2, 0.25) is 0 Å². The molecule has 0 aliphatic heterocycles. The number of fused-ring (bicyclic) bond motifs is 1. The quantitative estimate of drug-likeness (QED) is 0.543. The monoisotopic (exact) mass is 356 g/mol. The van der Waals surface area contributed by atoms with Gasteiger partial charge in [0.25, 0.3) is 10.0 Å². The van der Waals surface area contributed by atoms with Crippen molar-refractivity contribution in [1.82, 2.24) is 4.83 Å². The minimum Gasteiger partial charge on any atom is -0.504 e. The van der Waals surface area contributed by atoms with Gasteiger partial charge in [0.2, 0.25) is 0 Å². The smallest absolute Gasteiger partial charge is 0.276 e. The topological polar surface area (TPSA) is 88.0 Å². The molecule has 0 atom stereocenters. The molecule has 25 heavy (non-hydrogen) atoms. The van der Waals surface area contributed by atoms with Crippen molar-refractivity contribution in [2.75, 3.05) is 7.11 Å². The van der Waals surface area contributed by atoms with E-state index in [1.807, 2.05) is 24.3 Å². The number of rotatable bonds is 5. The van der Waals surface area contributed by atoms with Crippen LogP contribution in [-0.2, 0) is 10.0 Å². The van der Waals surface area contributed by atoms with Crippen molar-refractivity contribution in [2.24, 2.45) is 5.10 Å². The first-order chi connectivity index (χ1) is 12.0. The fourth-order valence-electron chi connectivity index (χ4n) is 2.33. The van der Waals surface area contributed by atoms with Crippen molar-refractivity contribution in [3.05, 3.63) is 66.2 Å². The summed E-state index contributed by atoms with van der Waals surface area (Å²) in [6.45, 7) is 0. The second-order valence-corrected chi connectivity index (χ2v) is 6.95. The van der Waals surface area contributed by atoms with E-state index in [1.54, 1.807) is 24.3 Å². The van der Waals surface area contributed by atoms with Gasteiger partial charge in [-0.1, -0.05) is 30.3 Å². The zero-order valence-corrected chi connectivity index (χ0v) is 14.2. The van der Waals surface area contributed by atoms with Crippen molar-refractivity contribution in [2.45, 2.75) is 4.90 Å². The number of methoxy groups -OCH3 is 1. The Morgan fingerprint density at radius 1 is 1.04 bits per heavy atom. The Morgan fingerprint density at radius 2 is 1.80 bits per heavy atom. The third-order valence-electron chi connectivity index (χ3n) is 3.62. The molecule has 3 rings (SSSR count). The third-order valence-corrected chi connectivity index (χ3v) is 4.84. The lowest BCUT2D eigenvalue weighted by Gasteiger charge is -2.06. The molecule has 0 amide bonds. The van der Waals surface area contributed by atoms with E-state index in [9.17, 15) is 13.5 Å². The first kappa shape index (κ1) is 16.8. The molecule has 0 aliphatic rings. The number of aromatic hydroxyl groups is 1. The minimum atomic E-state index is -3.77. The largest absolute Gasteiger partial charge is 0.504 e. The molecular weight excluding hydrogens is 340 g/mol. The second-order valence-electron chi connectivity index (χ2n) is 5.29. The molecule has 0 spiro atoms. The summed E-state index contributed by atoms with van der Waals surface area (Å²) in [4.78, 5) is 2.31. The van der Waals surface area contributed by atoms with Crippen LogP contribution in [0.15, 0.2) is 70.7 Å². The number of nitrogens with one attached hydrogen (secondary N) is 1. The summed E-state index contributed by atoms with van der Waals surface area (Å²) in [5.41, 5.74) is 0.580. The Hall–Kier alpha value is -3.06. The van der Waals surface area contributed by atoms with Crippen LogP contribution in [0.3, 0.4) is 0 Å². The molecule has 7 heteroatoms. The number of ether oxygens (including phenoxy) is 1. The predicted molar refractivity (Wildman–Crippen MR) is 96.5 cm³/mol. The van der Waals surface area contributed by atoms with E-state index in [0.29, 0.717) is 5.56 Å². The first-order valence-electron chi connectivity index (χ1n) is 7.40. The highest BCUT2D eigenvalue weighted by Gasteiger charge is 2.13. The maximum atomic E-state index is 12.4. The van der Waals surface area contributed by atoms with Crippen molar-refractivity contribution in [1.29, 1.82) is 0 Å². The average Bonchev–Trinajstić information content (AvgIpc) is 2.62. The van der Waals surface area contributed by atoms with Crippen LogP contribution in [0.5, 0.6) is 11.5 Å². The zero-order chi connectivity index (χ0) is 17.9. The van der Waals surface area contributed by atoms with Crippen LogP contribution in [0, 0.1) is 0 Å². The highest BCUT2D eigenvalue weighted by atomic mass is 32.2. The molecule has 0 aromatic heterocycles. The summed E-state index contributed by atoms with van der Waals surface area (Å²) in [6, 6.07) is 17.0. The maximum Gasteiger partial charge on any atom is 0.276 e. The number of hydrogen-bond acceptors (Lipinski definition) is 5. The number of phenolic OH excluding ortho intramolecular Hbond substituents is 1. The first-order valence-corrected chi connectivity index (χ1v) is 8.88. The number of hydrazone groups is 1. The molecule has 0 radical (unpaired) electrons. The van der Waals surface area contributed by atoms with E-state index < -0.39 is 10.0 Å². The molecule has 0 bridgehead atoms. The van der Waals surface area contributed by atoms with Gasteiger partial charge in [-0.15, -0.1) is 0 Å². The molecule has 0 unspecified atom stereocenters. The van der Waals surface area contributed by atoms with E-state index in [0.717, 1.165) is 10.8 Å². The second kappa shape index (κ2) is 6.82. The number of nitrogens with zero attached hydrogens (tertiary/aromatic N) is 1. The molecule has 0 aliphatic carbocycles. The van der Waals surface area contributed by atoms with Gasteiger partial charge < -0.3 is 9.84 Å². The van der Waals surface area contributed by atoms with Gasteiger partial charge in [0.05, 0.1) is 18.2 Å². The van der Waals surface area contributed by atoms with Gasteiger partial charge >= 0.3 is 0 Å². The molecule has 0 saturated heterocycles. The lowest BCUT2D eigenvalue weighted by Crippen LogP contribution is -2.18. The molecule has 3 aromatic carbocycles. The maximum absolute atomic E-state index is 12.4. The van der Waals surface area contributed by atoms with E-state index in [1.165, 1.54) is 25.5 Å². The molecule has 0 heterocycles. The van der Waals surface area contributed by atoms with E-state index in [4.69, 9.17) is 4.74 Å². The Balaban J connectivity index is 1.81. The van der Waals surface area contributed by atoms with Gasteiger partial charge in [0.1, 0.15) is 0 Å². The number of sulfonamides is 1. The SMILES string of the molecule is COc1cc(/C=N\NS(=O)(=O)c2ccc3ccccc3c2)ccc1O. The minimum absolute atomic E-state index is 0.00334. The number of benzene rings is 3. The summed E-state index contributed by atoms with van der Waals surface area (Å²) >= 11 is 0. The van der Waals surface area contributed by atoms with Crippen molar-refractivity contribution in [3.8, 4) is 11.5 Å². The van der Waals surface area contributed by atoms with E-state index >= 15 is 0 Å². The normalized spacial score (nSPS) is 11.7. The van der Waals surface area contributed by atoms with Crippen LogP contribution >= 0.6 is 0 Å². The van der Waals surface area contributed by atoms with Gasteiger partial charge in [0.15, 0.2) is 11.5 Å². The number of hydrogen-bond donors (Lipinski definition) is 2. The van der Waals surface area contributed by atoms with Crippen LogP contribution < -0.4 is 9.57 Å². The molecular formula is C18H16N2O4S. The summed E-state index contributed by atoms with van der Waals surface area (Å²) in [5.74, 6) is 0.276. The standard InChI is InChI=1S/C18H16N2O4S/c1-24-18-10-13(6-9-17(18)21)12-19-20-25(22,23)16-8-7-14-4-2-3-5-15(14)11-16/h2-12,20-21H,1H3/b19-12-. The Kier molecular flexibility index (Phi) is 4.58. The molecule has 3 aromatic rings. The third kappa shape index (κ3) is 3.72. The molecule has 0 saturated carbocycles. The molecule has 128 valence electrons. The van der Waals surface area contributed by atoms with Crippen LogP contribution in [-0.4, -0.2) is 26.8 Å². The van der Waals surface area contributed by atoms with Crippen LogP contribution in [0.25, 0.3) is 10.8 Å². The van der Waals surface area contributed by atoms with Gasteiger partial charge in [-0.05, 0) is 46.7 Å². The number of phenols is 1. The predicted octanol–water partition coefficient (Wildman–Crippen LogP) is 2.87. The molecule has 2 N–H and O–H groups in total. The highest BCUT2D eigenvalue weighted by Crippen LogP contribution is 2.25. The highest BCUT2D eigenvalue weighted by molar-refractivity contribution is 7.89. The lowest BCUT2D eigenvalue weighted by atomic mass is 10.1. The molecule has 6 nitrogen and oxygen atoms in total. The Morgan fingerprint density at radius 3 is 2.56 bits per heavy atom. The fourth-order valence-corrected chi connectivity index (χ4v) is 3.16. The summed E-state index contributed by atoms with van der Waals surface area (Å²) in [7, 11) is -2.35. The zero-order valence-electron chi connectivity index (χ0n) is 13.4. The van der Waals surface area contributed by atoms with E-state index in [2.05, 4.69) is 9.93 Å². The van der Waals surface area contributed by atoms with Gasteiger partial charge in [0, 0.05) is 0 Å². The van der Waals surface area contributed by atoms with Crippen molar-refractivity contribution < 1.29 is 18.3 Å². The van der Waals surface area contributed by atoms with E-state index in [-0.39, 0.29) is 16.4 Å². The molecule has 0 fully saturated rings. The Bertz CT molecular complexity index is 1050. The Labute approximate surface area is 145 Å². The van der Waals surface area contributed by atoms with Gasteiger partial charge in [-0.3, -0.25) is 0 Å². The van der Waals surface area contributed by atoms with Crippen LogP contribution in [0.1, 0.15) is 5.56 Å². The lowest BCUT2D eigenvalue weighted by molar-refractivity contribution is 0.373.